The third-order valence-corrected chi connectivity index (χ3v) is 4.71. The highest BCUT2D eigenvalue weighted by molar-refractivity contribution is 9.11. The number of nitrogens with zero attached hydrogens (tertiary/aromatic N) is 1. The van der Waals surface area contributed by atoms with Crippen molar-refractivity contribution in [2.24, 2.45) is 10.8 Å². The second-order valence-electron chi connectivity index (χ2n) is 4.49. The Morgan fingerprint density at radius 1 is 1.39 bits per heavy atom. The third-order valence-electron chi connectivity index (χ3n) is 3.10. The van der Waals surface area contributed by atoms with Crippen molar-refractivity contribution in [2.45, 2.75) is 44.7 Å². The number of hydrogen-bond acceptors (Lipinski definition) is 3. The summed E-state index contributed by atoms with van der Waals surface area (Å²) in [4.78, 5) is 5.70. The van der Waals surface area contributed by atoms with E-state index in [9.17, 15) is 0 Å². The van der Waals surface area contributed by atoms with Gasteiger partial charge in [-0.15, -0.1) is 11.3 Å². The van der Waals surface area contributed by atoms with Gasteiger partial charge in [-0.25, -0.2) is 10.8 Å². The van der Waals surface area contributed by atoms with Crippen LogP contribution in [0.5, 0.6) is 0 Å². The summed E-state index contributed by atoms with van der Waals surface area (Å²) in [5, 5.41) is 3.39. The van der Waals surface area contributed by atoms with Crippen molar-refractivity contribution >= 4 is 33.2 Å². The highest BCUT2D eigenvalue weighted by Gasteiger charge is 2.14. The Kier molecular flexibility index (Phi) is 5.46. The van der Waals surface area contributed by atoms with Crippen LogP contribution in [0.1, 0.15) is 37.0 Å². The average molecular weight is 331 g/mol. The van der Waals surface area contributed by atoms with Crippen LogP contribution >= 0.6 is 27.3 Å². The van der Waals surface area contributed by atoms with E-state index in [2.05, 4.69) is 37.7 Å². The zero-order chi connectivity index (χ0) is 12.8. The van der Waals surface area contributed by atoms with Gasteiger partial charge in [0.05, 0.1) is 10.3 Å². The maximum atomic E-state index is 5.51. The Labute approximate surface area is 120 Å². The van der Waals surface area contributed by atoms with Gasteiger partial charge >= 0.3 is 0 Å². The zero-order valence-electron chi connectivity index (χ0n) is 10.3. The predicted octanol–water partition coefficient (Wildman–Crippen LogP) is 2.75. The van der Waals surface area contributed by atoms with E-state index in [0.29, 0.717) is 18.5 Å². The van der Waals surface area contributed by atoms with Crippen molar-refractivity contribution in [3.05, 3.63) is 20.8 Å². The SMILES string of the molecule is NNC(=NCc1ccc(Br)s1)NC1CCCCC1. The lowest BCUT2D eigenvalue weighted by Gasteiger charge is -2.24. The van der Waals surface area contributed by atoms with Gasteiger partial charge in [0.15, 0.2) is 0 Å². The zero-order valence-corrected chi connectivity index (χ0v) is 12.7. The number of hydrazine groups is 1. The molecule has 4 nitrogen and oxygen atoms in total. The molecule has 0 radical (unpaired) electrons. The van der Waals surface area contributed by atoms with Gasteiger partial charge in [-0.1, -0.05) is 19.3 Å². The second kappa shape index (κ2) is 7.11. The Balaban J connectivity index is 1.86. The molecule has 1 fully saturated rings. The van der Waals surface area contributed by atoms with Crippen LogP contribution in [0.2, 0.25) is 0 Å². The van der Waals surface area contributed by atoms with Crippen molar-refractivity contribution in [1.82, 2.24) is 10.7 Å². The summed E-state index contributed by atoms with van der Waals surface area (Å²) in [6.07, 6.45) is 6.38. The molecule has 1 aromatic rings. The number of halogens is 1. The van der Waals surface area contributed by atoms with Gasteiger partial charge in [0.25, 0.3) is 0 Å². The van der Waals surface area contributed by atoms with Crippen molar-refractivity contribution < 1.29 is 0 Å². The van der Waals surface area contributed by atoms with E-state index in [1.807, 2.05) is 6.07 Å². The van der Waals surface area contributed by atoms with Gasteiger partial charge < -0.3 is 5.32 Å². The van der Waals surface area contributed by atoms with E-state index in [1.54, 1.807) is 11.3 Å². The molecular formula is C12H19BrN4S. The van der Waals surface area contributed by atoms with Gasteiger partial charge in [0, 0.05) is 10.9 Å². The quantitative estimate of drug-likeness (QED) is 0.345. The Morgan fingerprint density at radius 2 is 2.17 bits per heavy atom. The molecule has 0 saturated heterocycles. The third kappa shape index (κ3) is 4.26. The van der Waals surface area contributed by atoms with Crippen molar-refractivity contribution in [2.75, 3.05) is 0 Å². The molecule has 1 saturated carbocycles. The number of aliphatic imine (C=N–C) groups is 1. The topological polar surface area (TPSA) is 62.4 Å². The first-order valence-corrected chi connectivity index (χ1v) is 7.90. The fourth-order valence-corrected chi connectivity index (χ4v) is 3.57. The van der Waals surface area contributed by atoms with Crippen molar-refractivity contribution in [3.8, 4) is 0 Å². The molecule has 0 bridgehead atoms. The number of guanidine groups is 1. The number of nitrogens with one attached hydrogen (secondary N) is 2. The summed E-state index contributed by atoms with van der Waals surface area (Å²) in [6.45, 7) is 0.662. The maximum absolute atomic E-state index is 5.51. The summed E-state index contributed by atoms with van der Waals surface area (Å²) in [6, 6.07) is 4.63. The van der Waals surface area contributed by atoms with E-state index in [-0.39, 0.29) is 0 Å². The van der Waals surface area contributed by atoms with Crippen LogP contribution in [0.25, 0.3) is 0 Å². The van der Waals surface area contributed by atoms with Crippen LogP contribution < -0.4 is 16.6 Å². The summed E-state index contributed by atoms with van der Waals surface area (Å²) >= 11 is 5.15. The molecule has 1 heterocycles. The monoisotopic (exact) mass is 330 g/mol. The minimum atomic E-state index is 0.517. The molecule has 0 aliphatic heterocycles. The Bertz CT molecular complexity index is 399. The normalized spacial score (nSPS) is 17.8. The molecule has 2 rings (SSSR count). The first kappa shape index (κ1) is 13.8. The number of hydrogen-bond donors (Lipinski definition) is 3. The minimum absolute atomic E-state index is 0.517. The molecule has 0 aromatic carbocycles. The lowest BCUT2D eigenvalue weighted by atomic mass is 9.96. The standard InChI is InChI=1S/C12H19BrN4S/c13-11-7-6-10(18-11)8-15-12(17-14)16-9-4-2-1-3-5-9/h6-7,9H,1-5,8,14H2,(H2,15,16,17). The predicted molar refractivity (Wildman–Crippen MR) is 80.5 cm³/mol. The lowest BCUT2D eigenvalue weighted by molar-refractivity contribution is 0.410. The van der Waals surface area contributed by atoms with E-state index in [0.717, 1.165) is 3.79 Å². The number of rotatable bonds is 3. The Morgan fingerprint density at radius 3 is 2.78 bits per heavy atom. The molecule has 100 valence electrons. The van der Waals surface area contributed by atoms with E-state index >= 15 is 0 Å². The molecule has 1 aliphatic carbocycles. The van der Waals surface area contributed by atoms with Crippen LogP contribution in [0.3, 0.4) is 0 Å². The van der Waals surface area contributed by atoms with Gasteiger partial charge in [0.1, 0.15) is 0 Å². The summed E-state index contributed by atoms with van der Waals surface area (Å²) in [7, 11) is 0. The Hall–Kier alpha value is -0.590. The molecule has 0 spiro atoms. The second-order valence-corrected chi connectivity index (χ2v) is 7.04. The number of nitrogens with two attached hydrogens (primary N) is 1. The van der Waals surface area contributed by atoms with Crippen LogP contribution in [-0.4, -0.2) is 12.0 Å². The van der Waals surface area contributed by atoms with Gasteiger partial charge in [-0.05, 0) is 40.9 Å². The van der Waals surface area contributed by atoms with Crippen molar-refractivity contribution in [3.63, 3.8) is 0 Å². The molecule has 4 N–H and O–H groups in total. The van der Waals surface area contributed by atoms with Crippen molar-refractivity contribution in [1.29, 1.82) is 0 Å². The highest BCUT2D eigenvalue weighted by atomic mass is 79.9. The molecular weight excluding hydrogens is 312 g/mol. The fraction of sp³-hybridized carbons (Fsp3) is 0.583. The molecule has 0 unspecified atom stereocenters. The molecule has 0 amide bonds. The molecule has 1 aromatic heterocycles. The smallest absolute Gasteiger partial charge is 0.206 e. The molecule has 6 heteroatoms. The van der Waals surface area contributed by atoms with E-state index in [4.69, 9.17) is 5.84 Å². The first-order valence-electron chi connectivity index (χ1n) is 6.30. The fourth-order valence-electron chi connectivity index (χ4n) is 2.17. The van der Waals surface area contributed by atoms with E-state index in [1.165, 1.54) is 37.0 Å². The number of thiophene rings is 1. The molecule has 0 atom stereocenters. The minimum Gasteiger partial charge on any atom is -0.353 e. The van der Waals surface area contributed by atoms with E-state index < -0.39 is 0 Å². The molecule has 18 heavy (non-hydrogen) atoms. The molecule has 1 aliphatic rings. The summed E-state index contributed by atoms with van der Waals surface area (Å²) in [5.41, 5.74) is 2.66. The lowest BCUT2D eigenvalue weighted by Crippen LogP contribution is -2.47. The first-order chi connectivity index (χ1) is 8.78. The van der Waals surface area contributed by atoms with Crippen LogP contribution in [0, 0.1) is 0 Å². The van der Waals surface area contributed by atoms with Crippen LogP contribution in [0.15, 0.2) is 20.9 Å². The highest BCUT2D eigenvalue weighted by Crippen LogP contribution is 2.22. The van der Waals surface area contributed by atoms with Gasteiger partial charge in [-0.2, -0.15) is 0 Å². The van der Waals surface area contributed by atoms with Gasteiger partial charge in [-0.3, -0.25) is 5.43 Å². The maximum Gasteiger partial charge on any atom is 0.206 e. The van der Waals surface area contributed by atoms with Gasteiger partial charge in [0.2, 0.25) is 5.96 Å². The van der Waals surface area contributed by atoms with Crippen LogP contribution in [0.4, 0.5) is 0 Å². The largest absolute Gasteiger partial charge is 0.353 e. The summed E-state index contributed by atoms with van der Waals surface area (Å²) < 4.78 is 1.13. The van der Waals surface area contributed by atoms with Crippen LogP contribution in [-0.2, 0) is 6.54 Å². The average Bonchev–Trinajstić information content (AvgIpc) is 2.81. The summed E-state index contributed by atoms with van der Waals surface area (Å²) in [5.74, 6) is 6.21.